The zero-order valence-corrected chi connectivity index (χ0v) is 11.2. The Bertz CT molecular complexity index is 553. The van der Waals surface area contributed by atoms with Crippen LogP contribution >= 0.6 is 0 Å². The first-order chi connectivity index (χ1) is 8.80. The number of rotatable bonds is 6. The van der Waals surface area contributed by atoms with Gasteiger partial charge in [-0.3, -0.25) is 9.59 Å². The van der Waals surface area contributed by atoms with Crippen molar-refractivity contribution in [2.45, 2.75) is 6.92 Å². The SMILES string of the molecule is CC(CS(=O)(=O)CC(=O)Nc1ccccc1)C(=O)O. The predicted molar refractivity (Wildman–Crippen MR) is 70.5 cm³/mol. The third-order valence-electron chi connectivity index (χ3n) is 2.33. The van der Waals surface area contributed by atoms with E-state index in [9.17, 15) is 18.0 Å². The van der Waals surface area contributed by atoms with E-state index < -0.39 is 39.1 Å². The molecule has 1 rings (SSSR count). The van der Waals surface area contributed by atoms with E-state index in [1.807, 2.05) is 0 Å². The number of anilines is 1. The zero-order chi connectivity index (χ0) is 14.5. The fourth-order valence-electron chi connectivity index (χ4n) is 1.43. The number of aliphatic carboxylic acids is 1. The van der Waals surface area contributed by atoms with Crippen molar-refractivity contribution in [3.05, 3.63) is 30.3 Å². The number of carbonyl (C=O) groups excluding carboxylic acids is 1. The van der Waals surface area contributed by atoms with Crippen molar-refractivity contribution in [1.82, 2.24) is 0 Å². The minimum atomic E-state index is -3.74. The molecule has 104 valence electrons. The van der Waals surface area contributed by atoms with Gasteiger partial charge in [0.2, 0.25) is 5.91 Å². The summed E-state index contributed by atoms with van der Waals surface area (Å²) in [5.41, 5.74) is 0.494. The molecule has 0 radical (unpaired) electrons. The van der Waals surface area contributed by atoms with Crippen molar-refractivity contribution in [3.8, 4) is 0 Å². The zero-order valence-electron chi connectivity index (χ0n) is 10.4. The average molecular weight is 285 g/mol. The summed E-state index contributed by atoms with van der Waals surface area (Å²) in [5, 5.41) is 11.1. The average Bonchev–Trinajstić information content (AvgIpc) is 2.28. The van der Waals surface area contributed by atoms with Gasteiger partial charge >= 0.3 is 5.97 Å². The number of hydrogen-bond donors (Lipinski definition) is 2. The van der Waals surface area contributed by atoms with Crippen molar-refractivity contribution in [2.24, 2.45) is 5.92 Å². The van der Waals surface area contributed by atoms with Gasteiger partial charge in [-0.1, -0.05) is 25.1 Å². The van der Waals surface area contributed by atoms with Gasteiger partial charge in [0.15, 0.2) is 9.84 Å². The molecule has 0 bridgehead atoms. The number of nitrogens with one attached hydrogen (secondary N) is 1. The largest absolute Gasteiger partial charge is 0.481 e. The molecule has 1 amide bonds. The number of carboxylic acids is 1. The molecule has 0 saturated carbocycles. The van der Waals surface area contributed by atoms with Crippen LogP contribution in [-0.2, 0) is 19.4 Å². The molecular weight excluding hydrogens is 270 g/mol. The monoisotopic (exact) mass is 285 g/mol. The minimum Gasteiger partial charge on any atom is -0.481 e. The maximum Gasteiger partial charge on any atom is 0.307 e. The van der Waals surface area contributed by atoms with Crippen LogP contribution in [0, 0.1) is 5.92 Å². The van der Waals surface area contributed by atoms with E-state index in [0.717, 1.165) is 0 Å². The molecule has 0 aliphatic heterocycles. The van der Waals surface area contributed by atoms with E-state index in [0.29, 0.717) is 5.69 Å². The molecule has 6 nitrogen and oxygen atoms in total. The van der Waals surface area contributed by atoms with E-state index in [-0.39, 0.29) is 0 Å². The summed E-state index contributed by atoms with van der Waals surface area (Å²) in [6.45, 7) is 1.29. The standard InChI is InChI=1S/C12H15NO5S/c1-9(12(15)16)7-19(17,18)8-11(14)13-10-5-3-2-4-6-10/h2-6,9H,7-8H2,1H3,(H,13,14)(H,15,16). The molecule has 19 heavy (non-hydrogen) atoms. The second kappa shape index (κ2) is 6.33. The molecule has 0 heterocycles. The van der Waals surface area contributed by atoms with Gasteiger partial charge in [0, 0.05) is 5.69 Å². The minimum absolute atomic E-state index is 0.494. The van der Waals surface area contributed by atoms with Crippen molar-refractivity contribution in [2.75, 3.05) is 16.8 Å². The van der Waals surface area contributed by atoms with E-state index >= 15 is 0 Å². The van der Waals surface area contributed by atoms with Gasteiger partial charge in [0.25, 0.3) is 0 Å². The van der Waals surface area contributed by atoms with Gasteiger partial charge in [-0.2, -0.15) is 0 Å². The van der Waals surface area contributed by atoms with Crippen LogP contribution in [0.2, 0.25) is 0 Å². The van der Waals surface area contributed by atoms with Crippen molar-refractivity contribution < 1.29 is 23.1 Å². The Morgan fingerprint density at radius 3 is 2.37 bits per heavy atom. The Kier molecular flexibility index (Phi) is 5.05. The lowest BCUT2D eigenvalue weighted by Crippen LogP contribution is -2.29. The lowest BCUT2D eigenvalue weighted by molar-refractivity contribution is -0.140. The third kappa shape index (κ3) is 5.52. The molecule has 0 aliphatic carbocycles. The van der Waals surface area contributed by atoms with Crippen LogP contribution < -0.4 is 5.32 Å². The third-order valence-corrected chi connectivity index (χ3v) is 4.04. The van der Waals surface area contributed by atoms with Gasteiger partial charge < -0.3 is 10.4 Å². The Hall–Kier alpha value is -1.89. The highest BCUT2D eigenvalue weighted by molar-refractivity contribution is 7.92. The Morgan fingerprint density at radius 2 is 1.84 bits per heavy atom. The number of carboxylic acid groups (broad SMARTS) is 1. The number of amides is 1. The maximum atomic E-state index is 11.6. The van der Waals surface area contributed by atoms with E-state index in [2.05, 4.69) is 5.32 Å². The summed E-state index contributed by atoms with van der Waals surface area (Å²) >= 11 is 0. The lowest BCUT2D eigenvalue weighted by Gasteiger charge is -2.08. The second-order valence-electron chi connectivity index (χ2n) is 4.21. The molecule has 2 N–H and O–H groups in total. The lowest BCUT2D eigenvalue weighted by atomic mass is 10.2. The topological polar surface area (TPSA) is 101 Å². The Balaban J connectivity index is 2.59. The summed E-state index contributed by atoms with van der Waals surface area (Å²) in [6, 6.07) is 8.43. The highest BCUT2D eigenvalue weighted by Crippen LogP contribution is 2.07. The van der Waals surface area contributed by atoms with Crippen LogP contribution in [0.3, 0.4) is 0 Å². The molecule has 1 aromatic carbocycles. The van der Waals surface area contributed by atoms with Crippen molar-refractivity contribution >= 4 is 27.4 Å². The molecule has 1 atom stereocenters. The highest BCUT2D eigenvalue weighted by atomic mass is 32.2. The number of benzene rings is 1. The maximum absolute atomic E-state index is 11.6. The van der Waals surface area contributed by atoms with E-state index in [1.54, 1.807) is 30.3 Å². The molecular formula is C12H15NO5S. The first kappa shape index (κ1) is 15.2. The predicted octanol–water partition coefficient (Wildman–Crippen LogP) is 0.761. The summed E-state index contributed by atoms with van der Waals surface area (Å²) in [5.74, 6) is -4.19. The van der Waals surface area contributed by atoms with Crippen molar-refractivity contribution in [3.63, 3.8) is 0 Å². The number of para-hydroxylation sites is 1. The molecule has 1 unspecified atom stereocenters. The van der Waals surface area contributed by atoms with Crippen LogP contribution in [0.1, 0.15) is 6.92 Å². The number of sulfone groups is 1. The summed E-state index contributed by atoms with van der Waals surface area (Å²) in [6.07, 6.45) is 0. The summed E-state index contributed by atoms with van der Waals surface area (Å²) < 4.78 is 23.2. The highest BCUT2D eigenvalue weighted by Gasteiger charge is 2.23. The normalized spacial score (nSPS) is 12.7. The van der Waals surface area contributed by atoms with Crippen LogP contribution in [0.15, 0.2) is 30.3 Å². The number of hydrogen-bond acceptors (Lipinski definition) is 4. The van der Waals surface area contributed by atoms with Gasteiger partial charge in [-0.05, 0) is 12.1 Å². The second-order valence-corrected chi connectivity index (χ2v) is 6.32. The summed E-state index contributed by atoms with van der Waals surface area (Å²) in [7, 11) is -3.74. The number of carbonyl (C=O) groups is 2. The quantitative estimate of drug-likeness (QED) is 0.803. The van der Waals surface area contributed by atoms with Crippen LogP contribution in [0.5, 0.6) is 0 Å². The molecule has 0 aliphatic rings. The molecule has 0 spiro atoms. The van der Waals surface area contributed by atoms with Crippen LogP contribution in [0.4, 0.5) is 5.69 Å². The summed E-state index contributed by atoms with van der Waals surface area (Å²) in [4.78, 5) is 22.1. The molecule has 0 aromatic heterocycles. The molecule has 7 heteroatoms. The van der Waals surface area contributed by atoms with Gasteiger partial charge in [0.05, 0.1) is 11.7 Å². The Labute approximate surface area is 111 Å². The van der Waals surface area contributed by atoms with Gasteiger partial charge in [-0.25, -0.2) is 8.42 Å². The Morgan fingerprint density at radius 1 is 1.26 bits per heavy atom. The molecule has 0 saturated heterocycles. The first-order valence-electron chi connectivity index (χ1n) is 5.58. The van der Waals surface area contributed by atoms with Crippen molar-refractivity contribution in [1.29, 1.82) is 0 Å². The fourth-order valence-corrected chi connectivity index (χ4v) is 2.92. The van der Waals surface area contributed by atoms with Gasteiger partial charge in [-0.15, -0.1) is 0 Å². The molecule has 0 fully saturated rings. The van der Waals surface area contributed by atoms with Crippen LogP contribution in [0.25, 0.3) is 0 Å². The van der Waals surface area contributed by atoms with E-state index in [4.69, 9.17) is 5.11 Å². The smallest absolute Gasteiger partial charge is 0.307 e. The fraction of sp³-hybridized carbons (Fsp3) is 0.333. The van der Waals surface area contributed by atoms with Gasteiger partial charge in [0.1, 0.15) is 5.75 Å². The van der Waals surface area contributed by atoms with E-state index in [1.165, 1.54) is 6.92 Å². The molecule has 1 aromatic rings. The first-order valence-corrected chi connectivity index (χ1v) is 7.40. The van der Waals surface area contributed by atoms with Crippen LogP contribution in [-0.4, -0.2) is 36.9 Å².